The van der Waals surface area contributed by atoms with Gasteiger partial charge >= 0.3 is 5.97 Å². The van der Waals surface area contributed by atoms with Gasteiger partial charge < -0.3 is 14.6 Å². The van der Waals surface area contributed by atoms with Crippen LogP contribution < -0.4 is 9.47 Å². The SMILES string of the molecule is CCCCCCCCCCOc1ccc(C(=O)O)cc1OC. The molecule has 1 N–H and O–H groups in total. The number of ether oxygens (including phenoxy) is 2. The second-order valence-corrected chi connectivity index (χ2v) is 5.49. The summed E-state index contributed by atoms with van der Waals surface area (Å²) in [6.07, 6.45) is 10.0. The van der Waals surface area contributed by atoms with Gasteiger partial charge in [0, 0.05) is 0 Å². The Balaban J connectivity index is 2.23. The lowest BCUT2D eigenvalue weighted by Gasteiger charge is -2.11. The van der Waals surface area contributed by atoms with E-state index in [1.807, 2.05) is 0 Å². The van der Waals surface area contributed by atoms with E-state index in [1.54, 1.807) is 6.07 Å². The summed E-state index contributed by atoms with van der Waals surface area (Å²) in [4.78, 5) is 10.9. The molecule has 0 aliphatic rings. The molecule has 0 amide bonds. The number of carbonyl (C=O) groups is 1. The second kappa shape index (κ2) is 10.9. The lowest BCUT2D eigenvalue weighted by molar-refractivity contribution is 0.0696. The van der Waals surface area contributed by atoms with Gasteiger partial charge in [-0.2, -0.15) is 0 Å². The van der Waals surface area contributed by atoms with Crippen molar-refractivity contribution in [2.45, 2.75) is 58.3 Å². The van der Waals surface area contributed by atoms with Crippen molar-refractivity contribution in [3.8, 4) is 11.5 Å². The highest BCUT2D eigenvalue weighted by Crippen LogP contribution is 2.28. The standard InChI is InChI=1S/C18H28O4/c1-3-4-5-6-7-8-9-10-13-22-16-12-11-15(18(19)20)14-17(16)21-2/h11-12,14H,3-10,13H2,1-2H3,(H,19,20). The zero-order valence-corrected chi connectivity index (χ0v) is 13.8. The van der Waals surface area contributed by atoms with Crippen molar-refractivity contribution in [3.63, 3.8) is 0 Å². The molecule has 1 aromatic rings. The molecule has 0 heterocycles. The third-order valence-corrected chi connectivity index (χ3v) is 3.67. The van der Waals surface area contributed by atoms with Crippen LogP contribution in [0.2, 0.25) is 0 Å². The fourth-order valence-corrected chi connectivity index (χ4v) is 2.34. The summed E-state index contributed by atoms with van der Waals surface area (Å²) in [6.45, 7) is 2.87. The molecule has 0 saturated heterocycles. The van der Waals surface area contributed by atoms with E-state index in [4.69, 9.17) is 14.6 Å². The predicted molar refractivity (Wildman–Crippen MR) is 88.1 cm³/mol. The molecule has 0 fully saturated rings. The van der Waals surface area contributed by atoms with Crippen LogP contribution in [0.15, 0.2) is 18.2 Å². The van der Waals surface area contributed by atoms with Crippen molar-refractivity contribution in [2.75, 3.05) is 13.7 Å². The number of aromatic carboxylic acids is 1. The zero-order valence-electron chi connectivity index (χ0n) is 13.8. The molecule has 1 rings (SSSR count). The van der Waals surface area contributed by atoms with Gasteiger partial charge in [0.25, 0.3) is 0 Å². The van der Waals surface area contributed by atoms with E-state index >= 15 is 0 Å². The minimum atomic E-state index is -0.965. The maximum atomic E-state index is 10.9. The minimum absolute atomic E-state index is 0.205. The summed E-state index contributed by atoms with van der Waals surface area (Å²) in [7, 11) is 1.52. The minimum Gasteiger partial charge on any atom is -0.493 e. The topological polar surface area (TPSA) is 55.8 Å². The van der Waals surface area contributed by atoms with E-state index in [9.17, 15) is 4.79 Å². The fraction of sp³-hybridized carbons (Fsp3) is 0.611. The molecule has 0 unspecified atom stereocenters. The van der Waals surface area contributed by atoms with Gasteiger partial charge in [0.05, 0.1) is 19.3 Å². The van der Waals surface area contributed by atoms with Crippen molar-refractivity contribution >= 4 is 5.97 Å². The van der Waals surface area contributed by atoms with Crippen LogP contribution in [0.25, 0.3) is 0 Å². The summed E-state index contributed by atoms with van der Waals surface area (Å²) in [6, 6.07) is 4.69. The number of benzene rings is 1. The summed E-state index contributed by atoms with van der Waals surface area (Å²) >= 11 is 0. The molecule has 4 nitrogen and oxygen atoms in total. The van der Waals surface area contributed by atoms with Crippen LogP contribution in [-0.2, 0) is 0 Å². The highest BCUT2D eigenvalue weighted by molar-refractivity contribution is 5.88. The Bertz CT molecular complexity index is 443. The van der Waals surface area contributed by atoms with Crippen LogP contribution in [0.3, 0.4) is 0 Å². The number of rotatable bonds is 12. The highest BCUT2D eigenvalue weighted by Gasteiger charge is 2.09. The van der Waals surface area contributed by atoms with Gasteiger partial charge in [-0.1, -0.05) is 51.9 Å². The largest absolute Gasteiger partial charge is 0.493 e. The number of unbranched alkanes of at least 4 members (excludes halogenated alkanes) is 7. The first-order valence-electron chi connectivity index (χ1n) is 8.23. The number of methoxy groups -OCH3 is 1. The molecule has 0 atom stereocenters. The van der Waals surface area contributed by atoms with Crippen LogP contribution in [-0.4, -0.2) is 24.8 Å². The molecule has 0 aliphatic carbocycles. The quantitative estimate of drug-likeness (QED) is 0.557. The van der Waals surface area contributed by atoms with Gasteiger partial charge in [0.2, 0.25) is 0 Å². The maximum Gasteiger partial charge on any atom is 0.335 e. The zero-order chi connectivity index (χ0) is 16.2. The van der Waals surface area contributed by atoms with Crippen LogP contribution in [0, 0.1) is 0 Å². The predicted octanol–water partition coefficient (Wildman–Crippen LogP) is 4.91. The van der Waals surface area contributed by atoms with E-state index in [0.717, 1.165) is 6.42 Å². The van der Waals surface area contributed by atoms with E-state index in [2.05, 4.69) is 6.92 Å². The lowest BCUT2D eigenvalue weighted by atomic mass is 10.1. The number of hydrogen-bond acceptors (Lipinski definition) is 3. The Kier molecular flexibility index (Phi) is 9.12. The van der Waals surface area contributed by atoms with Crippen molar-refractivity contribution in [1.82, 2.24) is 0 Å². The molecule has 1 aromatic carbocycles. The molecule has 0 aliphatic heterocycles. The Morgan fingerprint density at radius 3 is 2.23 bits per heavy atom. The molecule has 22 heavy (non-hydrogen) atoms. The number of hydrogen-bond donors (Lipinski definition) is 1. The van der Waals surface area contributed by atoms with Crippen LogP contribution in [0.4, 0.5) is 0 Å². The monoisotopic (exact) mass is 308 g/mol. The molecule has 0 radical (unpaired) electrons. The van der Waals surface area contributed by atoms with Gasteiger partial charge in [0.1, 0.15) is 0 Å². The van der Waals surface area contributed by atoms with E-state index < -0.39 is 5.97 Å². The first-order valence-corrected chi connectivity index (χ1v) is 8.23. The Hall–Kier alpha value is -1.71. The third kappa shape index (κ3) is 6.83. The molecular weight excluding hydrogens is 280 g/mol. The Labute approximate surface area is 133 Å². The van der Waals surface area contributed by atoms with Crippen LogP contribution in [0.5, 0.6) is 11.5 Å². The number of carboxylic acids is 1. The molecule has 0 spiro atoms. The van der Waals surface area contributed by atoms with Crippen molar-refractivity contribution < 1.29 is 19.4 Å². The third-order valence-electron chi connectivity index (χ3n) is 3.67. The van der Waals surface area contributed by atoms with Gasteiger partial charge in [-0.3, -0.25) is 0 Å². The maximum absolute atomic E-state index is 10.9. The second-order valence-electron chi connectivity index (χ2n) is 5.49. The Morgan fingerprint density at radius 2 is 1.64 bits per heavy atom. The highest BCUT2D eigenvalue weighted by atomic mass is 16.5. The average Bonchev–Trinajstić information content (AvgIpc) is 2.53. The average molecular weight is 308 g/mol. The molecule has 0 saturated carbocycles. The van der Waals surface area contributed by atoms with Gasteiger partial charge in [-0.25, -0.2) is 4.79 Å². The van der Waals surface area contributed by atoms with Gasteiger partial charge in [-0.05, 0) is 24.6 Å². The van der Waals surface area contributed by atoms with Crippen molar-refractivity contribution in [1.29, 1.82) is 0 Å². The summed E-state index contributed by atoms with van der Waals surface area (Å²) in [5.74, 6) is 0.114. The van der Waals surface area contributed by atoms with Crippen LogP contribution in [0.1, 0.15) is 68.6 Å². The molecule has 0 bridgehead atoms. The number of carboxylic acid groups (broad SMARTS) is 1. The fourth-order valence-electron chi connectivity index (χ4n) is 2.34. The van der Waals surface area contributed by atoms with E-state index in [-0.39, 0.29) is 5.56 Å². The summed E-state index contributed by atoms with van der Waals surface area (Å²) in [5, 5.41) is 8.95. The molecule has 124 valence electrons. The van der Waals surface area contributed by atoms with E-state index in [1.165, 1.54) is 64.2 Å². The van der Waals surface area contributed by atoms with Gasteiger partial charge in [-0.15, -0.1) is 0 Å². The molecular formula is C18H28O4. The summed E-state index contributed by atoms with van der Waals surface area (Å²) in [5.41, 5.74) is 0.205. The van der Waals surface area contributed by atoms with Crippen molar-refractivity contribution in [3.05, 3.63) is 23.8 Å². The van der Waals surface area contributed by atoms with Crippen molar-refractivity contribution in [2.24, 2.45) is 0 Å². The first kappa shape index (κ1) is 18.3. The molecule has 0 aromatic heterocycles. The summed E-state index contributed by atoms with van der Waals surface area (Å²) < 4.78 is 10.9. The van der Waals surface area contributed by atoms with Gasteiger partial charge in [0.15, 0.2) is 11.5 Å². The normalized spacial score (nSPS) is 10.5. The van der Waals surface area contributed by atoms with E-state index in [0.29, 0.717) is 18.1 Å². The van der Waals surface area contributed by atoms with Crippen LogP contribution >= 0.6 is 0 Å². The molecule has 4 heteroatoms. The Morgan fingerprint density at radius 1 is 1.00 bits per heavy atom. The smallest absolute Gasteiger partial charge is 0.335 e. The first-order chi connectivity index (χ1) is 10.7. The lowest BCUT2D eigenvalue weighted by Crippen LogP contribution is -2.02.